The molecule has 0 aromatic heterocycles. The van der Waals surface area contributed by atoms with E-state index in [0.29, 0.717) is 6.21 Å². The SMILES string of the molecule is CC(C)(C)[S@+]([O-])N=CCC(F)(F)F. The van der Waals surface area contributed by atoms with Crippen molar-refractivity contribution in [2.45, 2.75) is 38.1 Å². The van der Waals surface area contributed by atoms with Crippen molar-refractivity contribution >= 4 is 17.6 Å². The van der Waals surface area contributed by atoms with Gasteiger partial charge in [-0.05, 0) is 20.8 Å². The number of rotatable bonds is 2. The Kier molecular flexibility index (Phi) is 4.25. The average molecular weight is 215 g/mol. The molecule has 0 aromatic rings. The van der Waals surface area contributed by atoms with Crippen molar-refractivity contribution < 1.29 is 17.7 Å². The summed E-state index contributed by atoms with van der Waals surface area (Å²) in [5.41, 5.74) is 0. The molecular weight excluding hydrogens is 203 g/mol. The van der Waals surface area contributed by atoms with E-state index in [1.807, 2.05) is 0 Å². The zero-order chi connectivity index (χ0) is 10.7. The van der Waals surface area contributed by atoms with Crippen LogP contribution in [0, 0.1) is 0 Å². The fraction of sp³-hybridized carbons (Fsp3) is 0.857. The lowest BCUT2D eigenvalue weighted by atomic mass is 10.3. The fourth-order valence-electron chi connectivity index (χ4n) is 0.367. The molecule has 0 rings (SSSR count). The highest BCUT2D eigenvalue weighted by atomic mass is 32.2. The maximum absolute atomic E-state index is 11.6. The fourth-order valence-corrected chi connectivity index (χ4v) is 0.893. The summed E-state index contributed by atoms with van der Waals surface area (Å²) in [6.45, 7) is 4.94. The van der Waals surface area contributed by atoms with Gasteiger partial charge in [-0.15, -0.1) is 0 Å². The van der Waals surface area contributed by atoms with Gasteiger partial charge in [-0.2, -0.15) is 13.2 Å². The second kappa shape index (κ2) is 4.32. The lowest BCUT2D eigenvalue weighted by Crippen LogP contribution is -2.26. The summed E-state index contributed by atoms with van der Waals surface area (Å²) in [7, 11) is 0. The monoisotopic (exact) mass is 215 g/mol. The summed E-state index contributed by atoms with van der Waals surface area (Å²) >= 11 is -1.60. The van der Waals surface area contributed by atoms with Crippen LogP contribution in [0.2, 0.25) is 0 Å². The van der Waals surface area contributed by atoms with Crippen molar-refractivity contribution in [3.8, 4) is 0 Å². The van der Waals surface area contributed by atoms with Crippen molar-refractivity contribution in [1.29, 1.82) is 0 Å². The minimum Gasteiger partial charge on any atom is -0.591 e. The van der Waals surface area contributed by atoms with Gasteiger partial charge in [-0.1, -0.05) is 4.40 Å². The highest BCUT2D eigenvalue weighted by Gasteiger charge is 2.28. The summed E-state index contributed by atoms with van der Waals surface area (Å²) in [4.78, 5) is 0. The van der Waals surface area contributed by atoms with Crippen LogP contribution in [-0.4, -0.2) is 21.7 Å². The Morgan fingerprint density at radius 1 is 1.31 bits per heavy atom. The summed E-state index contributed by atoms with van der Waals surface area (Å²) < 4.78 is 48.6. The average Bonchev–Trinajstić information content (AvgIpc) is 1.82. The summed E-state index contributed by atoms with van der Waals surface area (Å²) in [6, 6.07) is 0. The molecule has 0 N–H and O–H groups in total. The molecule has 1 atom stereocenters. The minimum absolute atomic E-state index is 0.609. The van der Waals surface area contributed by atoms with Gasteiger partial charge < -0.3 is 4.55 Å². The first-order chi connectivity index (χ1) is 5.63. The smallest absolute Gasteiger partial charge is 0.394 e. The van der Waals surface area contributed by atoms with Crippen molar-refractivity contribution in [2.75, 3.05) is 0 Å². The number of alkyl halides is 3. The quantitative estimate of drug-likeness (QED) is 0.514. The molecule has 0 bridgehead atoms. The third-order valence-electron chi connectivity index (χ3n) is 1.02. The van der Waals surface area contributed by atoms with E-state index in [9.17, 15) is 17.7 Å². The molecule has 13 heavy (non-hydrogen) atoms. The van der Waals surface area contributed by atoms with E-state index in [1.54, 1.807) is 20.8 Å². The van der Waals surface area contributed by atoms with Crippen LogP contribution in [0.5, 0.6) is 0 Å². The van der Waals surface area contributed by atoms with Crippen molar-refractivity contribution in [2.24, 2.45) is 4.40 Å². The van der Waals surface area contributed by atoms with Crippen LogP contribution in [-0.2, 0) is 11.4 Å². The Labute approximate surface area is 78.6 Å². The van der Waals surface area contributed by atoms with E-state index in [2.05, 4.69) is 4.40 Å². The number of nitrogens with zero attached hydrogens (tertiary/aromatic N) is 1. The predicted octanol–water partition coefficient (Wildman–Crippen LogP) is 2.47. The summed E-state index contributed by atoms with van der Waals surface area (Å²) in [5.74, 6) is 0. The minimum atomic E-state index is -4.27. The molecule has 0 aliphatic rings. The van der Waals surface area contributed by atoms with Gasteiger partial charge in [0.2, 0.25) is 0 Å². The maximum Gasteiger partial charge on any atom is 0.394 e. The molecule has 0 aliphatic heterocycles. The van der Waals surface area contributed by atoms with E-state index in [0.717, 1.165) is 0 Å². The van der Waals surface area contributed by atoms with E-state index in [4.69, 9.17) is 0 Å². The van der Waals surface area contributed by atoms with Gasteiger partial charge in [0.25, 0.3) is 0 Å². The molecule has 0 heterocycles. The molecule has 78 valence electrons. The predicted molar refractivity (Wildman–Crippen MR) is 47.1 cm³/mol. The Bertz CT molecular complexity index is 185. The molecule has 0 aromatic carbocycles. The van der Waals surface area contributed by atoms with E-state index >= 15 is 0 Å². The Balaban J connectivity index is 4.00. The molecule has 0 unspecified atom stereocenters. The largest absolute Gasteiger partial charge is 0.591 e. The van der Waals surface area contributed by atoms with Crippen LogP contribution in [0.4, 0.5) is 13.2 Å². The molecule has 0 saturated heterocycles. The highest BCUT2D eigenvalue weighted by Crippen LogP contribution is 2.20. The zero-order valence-corrected chi connectivity index (χ0v) is 8.50. The van der Waals surface area contributed by atoms with Crippen LogP contribution >= 0.6 is 0 Å². The molecule has 0 saturated carbocycles. The molecule has 0 aliphatic carbocycles. The Morgan fingerprint density at radius 3 is 2.08 bits per heavy atom. The summed E-state index contributed by atoms with van der Waals surface area (Å²) in [6.07, 6.45) is -4.75. The maximum atomic E-state index is 11.6. The molecule has 6 heteroatoms. The molecule has 0 amide bonds. The van der Waals surface area contributed by atoms with Gasteiger partial charge in [0, 0.05) is 0 Å². The molecule has 0 radical (unpaired) electrons. The third kappa shape index (κ3) is 6.89. The highest BCUT2D eigenvalue weighted by molar-refractivity contribution is 7.91. The number of hydrogen-bond acceptors (Lipinski definition) is 2. The van der Waals surface area contributed by atoms with Gasteiger partial charge >= 0.3 is 6.18 Å². The first kappa shape index (κ1) is 12.8. The van der Waals surface area contributed by atoms with Crippen LogP contribution in [0.3, 0.4) is 0 Å². The second-order valence-corrected chi connectivity index (χ2v) is 5.40. The lowest BCUT2D eigenvalue weighted by Gasteiger charge is -2.17. The van der Waals surface area contributed by atoms with Gasteiger partial charge in [0.15, 0.2) is 0 Å². The van der Waals surface area contributed by atoms with E-state index in [1.165, 1.54) is 0 Å². The topological polar surface area (TPSA) is 35.4 Å². The standard InChI is InChI=1S/C7H12F3NOS/c1-6(2,3)13(12)11-5-4-7(8,9)10/h5H,4H2,1-3H3/t13-/m0/s1. The molecule has 0 spiro atoms. The Morgan fingerprint density at radius 2 is 1.77 bits per heavy atom. The summed E-state index contributed by atoms with van der Waals surface area (Å²) in [5, 5.41) is 0. The second-order valence-electron chi connectivity index (χ2n) is 3.47. The van der Waals surface area contributed by atoms with Crippen molar-refractivity contribution in [1.82, 2.24) is 0 Å². The molecule has 2 nitrogen and oxygen atoms in total. The lowest BCUT2D eigenvalue weighted by molar-refractivity contribution is -0.120. The molecular formula is C7H12F3NOS. The van der Waals surface area contributed by atoms with E-state index in [-0.39, 0.29) is 0 Å². The molecule has 0 fully saturated rings. The van der Waals surface area contributed by atoms with Gasteiger partial charge in [-0.3, -0.25) is 0 Å². The van der Waals surface area contributed by atoms with E-state index < -0.39 is 28.7 Å². The van der Waals surface area contributed by atoms with Crippen LogP contribution in [0.15, 0.2) is 4.40 Å². The van der Waals surface area contributed by atoms with Crippen molar-refractivity contribution in [3.05, 3.63) is 0 Å². The van der Waals surface area contributed by atoms with Crippen LogP contribution < -0.4 is 0 Å². The van der Waals surface area contributed by atoms with Crippen molar-refractivity contribution in [3.63, 3.8) is 0 Å². The van der Waals surface area contributed by atoms with Gasteiger partial charge in [0.05, 0.1) is 12.6 Å². The van der Waals surface area contributed by atoms with Crippen LogP contribution in [0.25, 0.3) is 0 Å². The van der Waals surface area contributed by atoms with Gasteiger partial charge in [0.1, 0.15) is 16.1 Å². The first-order valence-electron chi connectivity index (χ1n) is 3.64. The van der Waals surface area contributed by atoms with Gasteiger partial charge in [-0.25, -0.2) is 0 Å². The Hall–Kier alpha value is -0.230. The first-order valence-corrected chi connectivity index (χ1v) is 4.75. The number of hydrogen-bond donors (Lipinski definition) is 0. The third-order valence-corrected chi connectivity index (χ3v) is 2.41. The number of halogens is 3. The normalized spacial score (nSPS) is 16.5. The van der Waals surface area contributed by atoms with Crippen LogP contribution in [0.1, 0.15) is 27.2 Å². The zero-order valence-electron chi connectivity index (χ0n) is 7.68.